The second kappa shape index (κ2) is 18.0. The number of para-hydroxylation sites is 2. The molecule has 71 heavy (non-hydrogen) atoms. The highest BCUT2D eigenvalue weighted by atomic mass is 15.1. The minimum Gasteiger partial charge on any atom is -0.310 e. The molecule has 0 atom stereocenters. The van der Waals surface area contributed by atoms with Crippen LogP contribution < -0.4 is 4.90 Å². The summed E-state index contributed by atoms with van der Waals surface area (Å²) in [5, 5.41) is 9.82. The zero-order valence-corrected chi connectivity index (χ0v) is 39.2. The van der Waals surface area contributed by atoms with Gasteiger partial charge in [0, 0.05) is 50.0 Å². The maximum absolute atomic E-state index is 2.49. The molecule has 0 spiro atoms. The highest BCUT2D eigenvalue weighted by molar-refractivity contribution is 6.26. The van der Waals surface area contributed by atoms with Crippen molar-refractivity contribution in [2.75, 3.05) is 4.90 Å². The van der Waals surface area contributed by atoms with E-state index in [-0.39, 0.29) is 0 Å². The maximum Gasteiger partial charge on any atom is 0.0641 e. The van der Waals surface area contributed by atoms with Crippen molar-refractivity contribution < 1.29 is 0 Å². The Morgan fingerprint density at radius 3 is 1.38 bits per heavy atom. The Kier molecular flexibility index (Phi) is 10.7. The van der Waals surface area contributed by atoms with Gasteiger partial charge in [0.2, 0.25) is 0 Å². The minimum absolute atomic E-state index is 1.10. The van der Waals surface area contributed by atoms with E-state index >= 15 is 0 Å². The van der Waals surface area contributed by atoms with Gasteiger partial charge in [0.1, 0.15) is 0 Å². The van der Waals surface area contributed by atoms with E-state index in [9.17, 15) is 0 Å². The number of benzene rings is 11. The van der Waals surface area contributed by atoms with Crippen molar-refractivity contribution in [3.8, 4) is 33.6 Å². The zero-order valence-electron chi connectivity index (χ0n) is 39.2. The number of aromatic nitrogens is 2. The Balaban J connectivity index is 0.000000766. The first-order valence-electron chi connectivity index (χ1n) is 24.6. The van der Waals surface area contributed by atoms with Crippen molar-refractivity contribution >= 4 is 82.2 Å². The zero-order chi connectivity index (χ0) is 47.1. The molecule has 336 valence electrons. The molecule has 0 N–H and O–H groups in total. The number of rotatable bonds is 7. The fourth-order valence-electron chi connectivity index (χ4n) is 10.7. The normalized spacial score (nSPS) is 12.3. The Morgan fingerprint density at radius 1 is 0.296 bits per heavy atom. The van der Waals surface area contributed by atoms with E-state index in [1.165, 1.54) is 100 Å². The summed E-state index contributed by atoms with van der Waals surface area (Å²) < 4.78 is 4.93. The summed E-state index contributed by atoms with van der Waals surface area (Å²) in [6, 6.07) is 90.7. The summed E-state index contributed by atoms with van der Waals surface area (Å²) in [7, 11) is 0. The highest BCUT2D eigenvalue weighted by Crippen LogP contribution is 2.43. The van der Waals surface area contributed by atoms with Crippen molar-refractivity contribution in [3.63, 3.8) is 0 Å². The van der Waals surface area contributed by atoms with Crippen LogP contribution in [0.5, 0.6) is 0 Å². The van der Waals surface area contributed by atoms with Crippen LogP contribution >= 0.6 is 0 Å². The van der Waals surface area contributed by atoms with Gasteiger partial charge in [-0.3, -0.25) is 0 Å². The highest BCUT2D eigenvalue weighted by Gasteiger charge is 2.22. The molecule has 0 unspecified atom stereocenters. The molecule has 1 aliphatic carbocycles. The minimum atomic E-state index is 1.10. The molecule has 13 aromatic rings. The number of fused-ring (bicyclic) bond motifs is 9. The Labute approximate surface area is 413 Å². The molecule has 0 saturated carbocycles. The third-order valence-electron chi connectivity index (χ3n) is 14.1. The Morgan fingerprint density at radius 2 is 0.761 bits per heavy atom. The topological polar surface area (TPSA) is 13.1 Å². The average Bonchev–Trinajstić information content (AvgIpc) is 3.97. The third-order valence-corrected chi connectivity index (χ3v) is 14.1. The predicted octanol–water partition coefficient (Wildman–Crippen LogP) is 18.9. The lowest BCUT2D eigenvalue weighted by Crippen LogP contribution is -2.09. The van der Waals surface area contributed by atoms with Gasteiger partial charge in [0.25, 0.3) is 0 Å². The first kappa shape index (κ1) is 42.0. The van der Waals surface area contributed by atoms with Gasteiger partial charge in [-0.15, -0.1) is 0 Å². The van der Waals surface area contributed by atoms with Gasteiger partial charge in [-0.05, 0) is 136 Å². The van der Waals surface area contributed by atoms with Gasteiger partial charge in [-0.2, -0.15) is 0 Å². The van der Waals surface area contributed by atoms with Crippen LogP contribution in [-0.4, -0.2) is 9.13 Å². The van der Waals surface area contributed by atoms with Crippen LogP contribution in [0.3, 0.4) is 0 Å². The first-order chi connectivity index (χ1) is 35.2. The molecule has 14 rings (SSSR count). The largest absolute Gasteiger partial charge is 0.310 e. The van der Waals surface area contributed by atoms with Crippen molar-refractivity contribution in [2.24, 2.45) is 0 Å². The molecular formula is C68H49N3. The first-order valence-corrected chi connectivity index (χ1v) is 24.6. The lowest BCUT2D eigenvalue weighted by atomic mass is 10.0. The summed E-state index contributed by atoms with van der Waals surface area (Å²) >= 11 is 0. The van der Waals surface area contributed by atoms with Crippen LogP contribution in [0.1, 0.15) is 12.8 Å². The number of hydrogen-bond donors (Lipinski definition) is 0. The fourth-order valence-corrected chi connectivity index (χ4v) is 10.7. The molecule has 0 radical (unpaired) electrons. The number of nitrogens with zero attached hydrogens (tertiary/aromatic N) is 3. The smallest absolute Gasteiger partial charge is 0.0641 e. The van der Waals surface area contributed by atoms with Crippen LogP contribution in [0.2, 0.25) is 0 Å². The molecule has 0 amide bonds. The molecule has 0 fully saturated rings. The Bertz CT molecular complexity index is 4040. The molecule has 0 saturated heterocycles. The van der Waals surface area contributed by atoms with E-state index in [4.69, 9.17) is 0 Å². The second-order valence-electron chi connectivity index (χ2n) is 18.4. The molecule has 3 heteroatoms. The van der Waals surface area contributed by atoms with Crippen LogP contribution in [0.4, 0.5) is 17.1 Å². The number of allylic oxidation sites excluding steroid dienone is 4. The standard InChI is InChI=1S/C62H41N3.C6H8/c1-3-13-42(14-4-1)45-23-30-50(31-24-45)63(51-32-25-46(26-33-51)43-15-5-2-6-16-43)52-35-28-49-41-54(36-29-48(49)40-52)65-58-21-11-9-19-55(58)56-37-38-60-61(62(56)65)57-20-10-12-22-59(57)64(60)53-34-27-44-17-7-8-18-47(44)39-53;1-2-4-6-5-3-1/h1-41H;1-4H,5-6H2. The fraction of sp³-hybridized carbons (Fsp3) is 0.0294. The number of anilines is 3. The van der Waals surface area contributed by atoms with E-state index < -0.39 is 0 Å². The summed E-state index contributed by atoms with van der Waals surface area (Å²) in [5.74, 6) is 0. The van der Waals surface area contributed by atoms with E-state index in [1.807, 2.05) is 0 Å². The van der Waals surface area contributed by atoms with Gasteiger partial charge in [0.05, 0.1) is 22.1 Å². The molecule has 3 nitrogen and oxygen atoms in total. The maximum atomic E-state index is 2.49. The molecule has 2 heterocycles. The molecule has 0 aliphatic heterocycles. The van der Waals surface area contributed by atoms with Gasteiger partial charge in [-0.1, -0.05) is 194 Å². The summed E-state index contributed by atoms with van der Waals surface area (Å²) in [4.78, 5) is 2.37. The predicted molar refractivity (Wildman–Crippen MR) is 303 cm³/mol. The lowest BCUT2D eigenvalue weighted by molar-refractivity contribution is 1.04. The van der Waals surface area contributed by atoms with Crippen molar-refractivity contribution in [2.45, 2.75) is 12.8 Å². The third kappa shape index (κ3) is 7.65. The van der Waals surface area contributed by atoms with E-state index in [0.717, 1.165) is 28.4 Å². The van der Waals surface area contributed by atoms with E-state index in [2.05, 4.69) is 287 Å². The summed E-state index contributed by atoms with van der Waals surface area (Å²) in [5.41, 5.74) is 15.2. The molecule has 11 aromatic carbocycles. The molecule has 1 aliphatic rings. The lowest BCUT2D eigenvalue weighted by Gasteiger charge is -2.26. The van der Waals surface area contributed by atoms with Gasteiger partial charge < -0.3 is 14.0 Å². The van der Waals surface area contributed by atoms with Crippen molar-refractivity contribution in [1.82, 2.24) is 9.13 Å². The molecule has 0 bridgehead atoms. The second-order valence-corrected chi connectivity index (χ2v) is 18.4. The summed E-state index contributed by atoms with van der Waals surface area (Å²) in [6.45, 7) is 0. The van der Waals surface area contributed by atoms with E-state index in [1.54, 1.807) is 0 Å². The van der Waals surface area contributed by atoms with Crippen molar-refractivity contribution in [1.29, 1.82) is 0 Å². The quantitative estimate of drug-likeness (QED) is 0.155. The molecular weight excluding hydrogens is 859 g/mol. The van der Waals surface area contributed by atoms with Gasteiger partial charge >= 0.3 is 0 Å². The van der Waals surface area contributed by atoms with Crippen LogP contribution in [0.25, 0.3) is 98.8 Å². The Hall–Kier alpha value is -9.18. The monoisotopic (exact) mass is 907 g/mol. The van der Waals surface area contributed by atoms with Crippen molar-refractivity contribution in [3.05, 3.63) is 273 Å². The van der Waals surface area contributed by atoms with Gasteiger partial charge in [0.15, 0.2) is 0 Å². The summed E-state index contributed by atoms with van der Waals surface area (Å²) in [6.07, 6.45) is 11.0. The van der Waals surface area contributed by atoms with E-state index in [0.29, 0.717) is 0 Å². The SMILES string of the molecule is C1=CCCC=C1.c1ccc(-c2ccc(N(c3ccc(-c4ccccc4)cc3)c3ccc4cc(-n5c6ccccc6c6ccc7c(c8ccccc8n7-c7ccc8ccccc8c7)c65)ccc4c3)cc2)cc1. The van der Waals surface area contributed by atoms with Gasteiger partial charge in [-0.25, -0.2) is 0 Å². The average molecular weight is 908 g/mol. The van der Waals surface area contributed by atoms with Crippen LogP contribution in [-0.2, 0) is 0 Å². The van der Waals surface area contributed by atoms with Crippen LogP contribution in [0.15, 0.2) is 273 Å². The molecule has 2 aromatic heterocycles. The van der Waals surface area contributed by atoms with Crippen LogP contribution in [0, 0.1) is 0 Å². The number of hydrogen-bond acceptors (Lipinski definition) is 1.